The average Bonchev–Trinajstić information content (AvgIpc) is 3.37. The second kappa shape index (κ2) is 13.2. The molecule has 4 saturated carbocycles. The molecule has 11 heteroatoms. The molecule has 1 aromatic rings. The molecular formula is C34H43F2NO8. The zero-order chi connectivity index (χ0) is 32.5. The lowest BCUT2D eigenvalue weighted by Gasteiger charge is -2.64. The van der Waals surface area contributed by atoms with Crippen LogP contribution in [0.2, 0.25) is 0 Å². The van der Waals surface area contributed by atoms with Crippen molar-refractivity contribution in [1.82, 2.24) is 0 Å². The lowest BCUT2D eigenvalue weighted by atomic mass is 9.43. The van der Waals surface area contributed by atoms with Gasteiger partial charge in [-0.2, -0.15) is 0 Å². The van der Waals surface area contributed by atoms with Gasteiger partial charge in [0.25, 0.3) is 19.4 Å². The van der Waals surface area contributed by atoms with Gasteiger partial charge in [-0.3, -0.25) is 24.0 Å². The molecule has 0 aliphatic heterocycles. The Morgan fingerprint density at radius 1 is 0.956 bits per heavy atom. The summed E-state index contributed by atoms with van der Waals surface area (Å²) in [6.07, 6.45) is 5.51. The molecule has 4 fully saturated rings. The van der Waals surface area contributed by atoms with Crippen LogP contribution in [-0.2, 0) is 33.4 Å². The topological polar surface area (TPSA) is 125 Å². The van der Waals surface area contributed by atoms with Gasteiger partial charge < -0.3 is 19.5 Å². The van der Waals surface area contributed by atoms with Crippen LogP contribution in [0.3, 0.4) is 0 Å². The third-order valence-electron chi connectivity index (χ3n) is 12.5. The van der Waals surface area contributed by atoms with Crippen LogP contribution in [0.1, 0.15) is 88.9 Å². The number of rotatable bonds is 12. The number of benzene rings is 1. The minimum Gasteiger partial charge on any atom is -0.465 e. The van der Waals surface area contributed by atoms with Crippen LogP contribution in [0.25, 0.3) is 0 Å². The van der Waals surface area contributed by atoms with Crippen LogP contribution in [0.5, 0.6) is 0 Å². The Kier molecular flexibility index (Phi) is 9.65. The fourth-order valence-electron chi connectivity index (χ4n) is 10.3. The van der Waals surface area contributed by atoms with Gasteiger partial charge in [-0.05, 0) is 92.4 Å². The highest BCUT2D eigenvalue weighted by molar-refractivity contribution is 5.96. The highest BCUT2D eigenvalue weighted by atomic mass is 19.2. The van der Waals surface area contributed by atoms with Gasteiger partial charge in [-0.1, -0.05) is 20.8 Å². The predicted molar refractivity (Wildman–Crippen MR) is 158 cm³/mol. The largest absolute Gasteiger partial charge is 0.465 e. The molecule has 1 N–H and O–H groups in total. The van der Waals surface area contributed by atoms with Crippen LogP contribution in [0.15, 0.2) is 12.1 Å². The molecule has 1 unspecified atom stereocenters. The highest BCUT2D eigenvalue weighted by Gasteiger charge is 2.67. The van der Waals surface area contributed by atoms with Crippen molar-refractivity contribution in [1.29, 1.82) is 0 Å². The lowest BCUT2D eigenvalue weighted by Crippen LogP contribution is -2.63. The summed E-state index contributed by atoms with van der Waals surface area (Å²) < 4.78 is 44.5. The van der Waals surface area contributed by atoms with E-state index in [9.17, 15) is 32.8 Å². The summed E-state index contributed by atoms with van der Waals surface area (Å²) in [6.45, 7) is 8.12. The molecule has 0 heterocycles. The van der Waals surface area contributed by atoms with Gasteiger partial charge in [-0.15, -0.1) is 0 Å². The van der Waals surface area contributed by atoms with E-state index in [1.807, 2.05) is 0 Å². The van der Waals surface area contributed by atoms with E-state index < -0.39 is 23.0 Å². The Balaban J connectivity index is 1.35. The molecule has 5 rings (SSSR count). The average molecular weight is 632 g/mol. The smallest absolute Gasteiger partial charge is 0.293 e. The standard InChI is InChI=1S/C34H43F2NO8/c1-19(4-7-31(42)37-28-14-27(36)26(35)10-20(28)15-38)23-5-6-24-32-25(13-30(45-18-41)34(23,24)3)33(2)9-8-22(43-16-39)11-21(33)12-29(32)44-17-40/h10,14-19,21-25,29-30,32H,4-9,11-13H2,1-3H3,(H,37,42)/t19-,21+,22?,23-,24+,25+,29-,30+,32+,33+,34-/m1/s1. The quantitative estimate of drug-likeness (QED) is 0.232. The number of fused-ring (bicyclic) bond motifs is 5. The first-order valence-electron chi connectivity index (χ1n) is 16.0. The number of hydrogen-bond acceptors (Lipinski definition) is 8. The fraction of sp³-hybridized carbons (Fsp3) is 0.676. The van der Waals surface area contributed by atoms with E-state index in [1.165, 1.54) is 0 Å². The van der Waals surface area contributed by atoms with Crippen molar-refractivity contribution in [2.75, 3.05) is 5.32 Å². The van der Waals surface area contributed by atoms with Gasteiger partial charge in [0.2, 0.25) is 5.91 Å². The van der Waals surface area contributed by atoms with Crippen molar-refractivity contribution in [2.45, 2.75) is 96.9 Å². The zero-order valence-corrected chi connectivity index (χ0v) is 26.0. The first-order chi connectivity index (χ1) is 21.5. The number of aldehydes is 1. The normalized spacial score (nSPS) is 37.5. The summed E-state index contributed by atoms with van der Waals surface area (Å²) in [5, 5.41) is 2.54. The van der Waals surface area contributed by atoms with Crippen molar-refractivity contribution >= 4 is 37.3 Å². The molecule has 1 amide bonds. The van der Waals surface area contributed by atoms with E-state index >= 15 is 0 Å². The fourth-order valence-corrected chi connectivity index (χ4v) is 10.3. The molecule has 246 valence electrons. The molecule has 0 aromatic heterocycles. The van der Waals surface area contributed by atoms with Crippen molar-refractivity contribution in [3.63, 3.8) is 0 Å². The van der Waals surface area contributed by atoms with E-state index in [2.05, 4.69) is 26.1 Å². The first-order valence-corrected chi connectivity index (χ1v) is 16.0. The molecule has 9 nitrogen and oxygen atoms in total. The number of anilines is 1. The Morgan fingerprint density at radius 2 is 1.67 bits per heavy atom. The van der Waals surface area contributed by atoms with Crippen LogP contribution in [0, 0.1) is 58.0 Å². The lowest BCUT2D eigenvalue weighted by molar-refractivity contribution is -0.218. The van der Waals surface area contributed by atoms with Gasteiger partial charge in [0.1, 0.15) is 18.3 Å². The second-order valence-corrected chi connectivity index (χ2v) is 14.2. The Bertz CT molecular complexity index is 1310. The number of carbonyl (C=O) groups excluding carboxylic acids is 5. The summed E-state index contributed by atoms with van der Waals surface area (Å²) in [5.41, 5.74) is -0.741. The van der Waals surface area contributed by atoms with E-state index in [0.717, 1.165) is 37.8 Å². The highest BCUT2D eigenvalue weighted by Crippen LogP contribution is 2.69. The number of halogens is 2. The zero-order valence-electron chi connectivity index (χ0n) is 26.0. The molecule has 0 spiro atoms. The number of hydrogen-bond donors (Lipinski definition) is 1. The maximum absolute atomic E-state index is 13.8. The monoisotopic (exact) mass is 631 g/mol. The summed E-state index contributed by atoms with van der Waals surface area (Å²) >= 11 is 0. The minimum absolute atomic E-state index is 0.0452. The molecule has 0 saturated heterocycles. The molecular weight excluding hydrogens is 588 g/mol. The van der Waals surface area contributed by atoms with Gasteiger partial charge in [0.05, 0.1) is 5.69 Å². The molecule has 45 heavy (non-hydrogen) atoms. The number of carbonyl (C=O) groups is 5. The van der Waals surface area contributed by atoms with Crippen LogP contribution < -0.4 is 5.32 Å². The van der Waals surface area contributed by atoms with Crippen LogP contribution >= 0.6 is 0 Å². The van der Waals surface area contributed by atoms with Crippen molar-refractivity contribution in [3.8, 4) is 0 Å². The van der Waals surface area contributed by atoms with Crippen molar-refractivity contribution in [2.24, 2.45) is 46.3 Å². The molecule has 1 aromatic carbocycles. The van der Waals surface area contributed by atoms with Gasteiger partial charge in [0, 0.05) is 29.4 Å². The predicted octanol–water partition coefficient (Wildman–Crippen LogP) is 5.64. The molecule has 11 atom stereocenters. The van der Waals surface area contributed by atoms with Crippen LogP contribution in [0.4, 0.5) is 14.5 Å². The number of amides is 1. The Hall–Kier alpha value is -3.37. The van der Waals surface area contributed by atoms with Crippen molar-refractivity contribution in [3.05, 3.63) is 29.3 Å². The maximum Gasteiger partial charge on any atom is 0.293 e. The number of nitrogens with one attached hydrogen (secondary N) is 1. The third kappa shape index (κ3) is 5.87. The summed E-state index contributed by atoms with van der Waals surface area (Å²) in [4.78, 5) is 59.0. The molecule has 4 aliphatic rings. The third-order valence-corrected chi connectivity index (χ3v) is 12.5. The van der Waals surface area contributed by atoms with E-state index in [-0.39, 0.29) is 76.9 Å². The SMILES string of the molecule is C[C@H](CCC(=O)Nc1cc(F)c(F)cc1C=O)[C@H]1CC[C@H]2[C@@H]3[C@H](OC=O)C[C@@H]4CC(OC=O)CC[C@]4(C)[C@H]3C[C@H](OC=O)[C@]12C. The van der Waals surface area contributed by atoms with E-state index in [0.29, 0.717) is 51.4 Å². The van der Waals surface area contributed by atoms with E-state index in [4.69, 9.17) is 14.2 Å². The number of ether oxygens (including phenoxy) is 3. The second-order valence-electron chi connectivity index (χ2n) is 14.2. The summed E-state index contributed by atoms with van der Waals surface area (Å²) in [6, 6.07) is 1.56. The van der Waals surface area contributed by atoms with Gasteiger partial charge in [-0.25, -0.2) is 8.78 Å². The van der Waals surface area contributed by atoms with Crippen molar-refractivity contribution < 1.29 is 47.0 Å². The molecule has 0 radical (unpaired) electrons. The minimum atomic E-state index is -1.17. The summed E-state index contributed by atoms with van der Waals surface area (Å²) in [5.74, 6) is -2.07. The Labute approximate surface area is 262 Å². The van der Waals surface area contributed by atoms with Gasteiger partial charge in [0.15, 0.2) is 17.9 Å². The summed E-state index contributed by atoms with van der Waals surface area (Å²) in [7, 11) is 0. The first kappa shape index (κ1) is 33.0. The van der Waals surface area contributed by atoms with Crippen LogP contribution in [-0.4, -0.2) is 49.9 Å². The Morgan fingerprint density at radius 3 is 2.36 bits per heavy atom. The van der Waals surface area contributed by atoms with Gasteiger partial charge >= 0.3 is 0 Å². The maximum atomic E-state index is 13.8. The molecule has 4 aliphatic carbocycles. The van der Waals surface area contributed by atoms with E-state index in [1.54, 1.807) is 0 Å². The molecule has 0 bridgehead atoms.